The van der Waals surface area contributed by atoms with E-state index in [4.69, 9.17) is 4.74 Å². The number of amides is 1. The summed E-state index contributed by atoms with van der Waals surface area (Å²) in [6.07, 6.45) is 1.65. The van der Waals surface area contributed by atoms with E-state index in [2.05, 4.69) is 10.3 Å². The van der Waals surface area contributed by atoms with Crippen molar-refractivity contribution in [1.82, 2.24) is 4.98 Å². The highest BCUT2D eigenvalue weighted by Gasteiger charge is 2.07. The number of carbonyl (C=O) groups is 1. The summed E-state index contributed by atoms with van der Waals surface area (Å²) >= 11 is 0. The maximum absolute atomic E-state index is 12.2. The normalized spacial score (nSPS) is 10.0. The van der Waals surface area contributed by atoms with Gasteiger partial charge >= 0.3 is 0 Å². The van der Waals surface area contributed by atoms with Crippen LogP contribution in [0.4, 0.5) is 5.69 Å². The van der Waals surface area contributed by atoms with E-state index in [1.165, 1.54) is 0 Å². The van der Waals surface area contributed by atoms with Crippen LogP contribution in [0.15, 0.2) is 79.0 Å². The quantitative estimate of drug-likeness (QED) is 0.786. The van der Waals surface area contributed by atoms with Crippen molar-refractivity contribution in [3.8, 4) is 11.6 Å². The van der Waals surface area contributed by atoms with Gasteiger partial charge in [0.2, 0.25) is 5.88 Å². The summed E-state index contributed by atoms with van der Waals surface area (Å²) in [4.78, 5) is 16.3. The third-order valence-corrected chi connectivity index (χ3v) is 2.99. The Hall–Kier alpha value is -3.14. The predicted molar refractivity (Wildman–Crippen MR) is 85.1 cm³/mol. The van der Waals surface area contributed by atoms with Crippen molar-refractivity contribution >= 4 is 11.6 Å². The van der Waals surface area contributed by atoms with Crippen molar-refractivity contribution in [2.45, 2.75) is 0 Å². The van der Waals surface area contributed by atoms with Crippen LogP contribution in [0.3, 0.4) is 0 Å². The number of rotatable bonds is 4. The van der Waals surface area contributed by atoms with Gasteiger partial charge in [-0.3, -0.25) is 4.79 Å². The molecule has 3 aromatic rings. The number of hydrogen-bond acceptors (Lipinski definition) is 3. The first-order valence-corrected chi connectivity index (χ1v) is 6.86. The number of hydrogen-bond donors (Lipinski definition) is 1. The maximum Gasteiger partial charge on any atom is 0.255 e. The first-order valence-electron chi connectivity index (χ1n) is 6.86. The Labute approximate surface area is 128 Å². The van der Waals surface area contributed by atoms with Gasteiger partial charge in [0, 0.05) is 23.5 Å². The Kier molecular flexibility index (Phi) is 4.11. The molecular formula is C18H14N2O2. The minimum Gasteiger partial charge on any atom is -0.439 e. The highest BCUT2D eigenvalue weighted by atomic mass is 16.5. The van der Waals surface area contributed by atoms with E-state index >= 15 is 0 Å². The second kappa shape index (κ2) is 6.54. The summed E-state index contributed by atoms with van der Waals surface area (Å²) in [5.74, 6) is 0.875. The summed E-state index contributed by atoms with van der Waals surface area (Å²) < 4.78 is 5.63. The van der Waals surface area contributed by atoms with Gasteiger partial charge in [0.05, 0.1) is 0 Å². The minimum atomic E-state index is -0.183. The molecule has 0 bridgehead atoms. The topological polar surface area (TPSA) is 51.2 Å². The molecule has 0 aliphatic rings. The van der Waals surface area contributed by atoms with Crippen LogP contribution in [0.5, 0.6) is 11.6 Å². The lowest BCUT2D eigenvalue weighted by Gasteiger charge is -2.08. The van der Waals surface area contributed by atoms with Crippen LogP contribution in [0.2, 0.25) is 0 Å². The van der Waals surface area contributed by atoms with Crippen LogP contribution < -0.4 is 10.1 Å². The molecule has 108 valence electrons. The van der Waals surface area contributed by atoms with Crippen molar-refractivity contribution in [3.05, 3.63) is 84.6 Å². The van der Waals surface area contributed by atoms with Crippen molar-refractivity contribution in [2.24, 2.45) is 0 Å². The highest BCUT2D eigenvalue weighted by molar-refractivity contribution is 6.04. The Morgan fingerprint density at radius 3 is 2.50 bits per heavy atom. The van der Waals surface area contributed by atoms with Gasteiger partial charge < -0.3 is 10.1 Å². The zero-order chi connectivity index (χ0) is 15.2. The van der Waals surface area contributed by atoms with Crippen LogP contribution in [0, 0.1) is 0 Å². The zero-order valence-electron chi connectivity index (χ0n) is 11.8. The third kappa shape index (κ3) is 3.49. The molecule has 0 aliphatic carbocycles. The van der Waals surface area contributed by atoms with Gasteiger partial charge in [0.25, 0.3) is 5.91 Å². The van der Waals surface area contributed by atoms with Crippen molar-refractivity contribution < 1.29 is 9.53 Å². The molecule has 2 aromatic carbocycles. The van der Waals surface area contributed by atoms with Gasteiger partial charge in [0.15, 0.2) is 0 Å². The zero-order valence-corrected chi connectivity index (χ0v) is 11.8. The lowest BCUT2D eigenvalue weighted by Crippen LogP contribution is -2.11. The van der Waals surface area contributed by atoms with E-state index in [0.717, 1.165) is 5.69 Å². The Balaban J connectivity index is 1.75. The Morgan fingerprint density at radius 1 is 0.909 bits per heavy atom. The molecule has 0 fully saturated rings. The van der Waals surface area contributed by atoms with Crippen molar-refractivity contribution in [1.29, 1.82) is 0 Å². The molecule has 4 heteroatoms. The number of para-hydroxylation sites is 1. The van der Waals surface area contributed by atoms with Crippen LogP contribution in [-0.2, 0) is 0 Å². The fraction of sp³-hybridized carbons (Fsp3) is 0. The standard InChI is InChI=1S/C18H14N2O2/c21-18(20-15-8-2-1-3-9-15)14-7-6-10-16(13-14)22-17-11-4-5-12-19-17/h1-13H,(H,20,21). The largest absolute Gasteiger partial charge is 0.439 e. The van der Waals surface area contributed by atoms with E-state index in [0.29, 0.717) is 17.2 Å². The SMILES string of the molecule is O=C(Nc1ccccc1)c1cccc(Oc2ccccn2)c1. The number of ether oxygens (including phenoxy) is 1. The van der Waals surface area contributed by atoms with Gasteiger partial charge in [0.1, 0.15) is 5.75 Å². The number of benzene rings is 2. The average Bonchev–Trinajstić information content (AvgIpc) is 2.57. The molecule has 4 nitrogen and oxygen atoms in total. The number of anilines is 1. The maximum atomic E-state index is 12.2. The number of carbonyl (C=O) groups excluding carboxylic acids is 1. The first-order chi connectivity index (χ1) is 10.8. The van der Waals surface area contributed by atoms with E-state index in [1.54, 1.807) is 36.5 Å². The Bertz CT molecular complexity index is 758. The van der Waals surface area contributed by atoms with Crippen LogP contribution >= 0.6 is 0 Å². The molecule has 0 radical (unpaired) electrons. The molecule has 0 spiro atoms. The molecule has 22 heavy (non-hydrogen) atoms. The summed E-state index contributed by atoms with van der Waals surface area (Å²) in [5.41, 5.74) is 1.28. The van der Waals surface area contributed by atoms with Crippen LogP contribution in [0.1, 0.15) is 10.4 Å². The molecule has 0 saturated heterocycles. The van der Waals surface area contributed by atoms with Gasteiger partial charge in [-0.1, -0.05) is 30.3 Å². The average molecular weight is 290 g/mol. The molecule has 1 heterocycles. The van der Waals surface area contributed by atoms with E-state index < -0.39 is 0 Å². The molecule has 0 saturated carbocycles. The van der Waals surface area contributed by atoms with E-state index in [1.807, 2.05) is 42.5 Å². The second-order valence-corrected chi connectivity index (χ2v) is 4.62. The predicted octanol–water partition coefficient (Wildman–Crippen LogP) is 4.13. The summed E-state index contributed by atoms with van der Waals surface area (Å²) in [6.45, 7) is 0. The van der Waals surface area contributed by atoms with Crippen molar-refractivity contribution in [2.75, 3.05) is 5.32 Å². The molecule has 1 N–H and O–H groups in total. The fourth-order valence-corrected chi connectivity index (χ4v) is 1.95. The smallest absolute Gasteiger partial charge is 0.255 e. The second-order valence-electron chi connectivity index (χ2n) is 4.62. The van der Waals surface area contributed by atoms with Gasteiger partial charge in [-0.15, -0.1) is 0 Å². The first kappa shape index (κ1) is 13.8. The lowest BCUT2D eigenvalue weighted by atomic mass is 10.2. The fourth-order valence-electron chi connectivity index (χ4n) is 1.95. The number of pyridine rings is 1. The molecule has 0 atom stereocenters. The van der Waals surface area contributed by atoms with Gasteiger partial charge in [-0.05, 0) is 36.4 Å². The molecule has 1 amide bonds. The van der Waals surface area contributed by atoms with Crippen LogP contribution in [-0.4, -0.2) is 10.9 Å². The Morgan fingerprint density at radius 2 is 1.73 bits per heavy atom. The minimum absolute atomic E-state index is 0.183. The summed E-state index contributed by atoms with van der Waals surface area (Å²) in [6, 6.07) is 21.7. The molecule has 0 aliphatic heterocycles. The van der Waals surface area contributed by atoms with Gasteiger partial charge in [-0.25, -0.2) is 4.98 Å². The van der Waals surface area contributed by atoms with E-state index in [9.17, 15) is 4.79 Å². The molecule has 0 unspecified atom stereocenters. The van der Waals surface area contributed by atoms with Crippen molar-refractivity contribution in [3.63, 3.8) is 0 Å². The van der Waals surface area contributed by atoms with Gasteiger partial charge in [-0.2, -0.15) is 0 Å². The third-order valence-electron chi connectivity index (χ3n) is 2.99. The van der Waals surface area contributed by atoms with E-state index in [-0.39, 0.29) is 5.91 Å². The highest BCUT2D eigenvalue weighted by Crippen LogP contribution is 2.20. The number of aromatic nitrogens is 1. The summed E-state index contributed by atoms with van der Waals surface area (Å²) in [7, 11) is 0. The monoisotopic (exact) mass is 290 g/mol. The van der Waals surface area contributed by atoms with Crippen LogP contribution in [0.25, 0.3) is 0 Å². The molecule has 1 aromatic heterocycles. The molecular weight excluding hydrogens is 276 g/mol. The summed E-state index contributed by atoms with van der Waals surface area (Å²) in [5, 5.41) is 2.84. The number of nitrogens with zero attached hydrogens (tertiary/aromatic N) is 1. The lowest BCUT2D eigenvalue weighted by molar-refractivity contribution is 0.102. The molecule has 3 rings (SSSR count). The number of nitrogens with one attached hydrogen (secondary N) is 1.